The van der Waals surface area contributed by atoms with Crippen LogP contribution < -0.4 is 10.6 Å². The normalized spacial score (nSPS) is 11.0. The van der Waals surface area contributed by atoms with Crippen LogP contribution in [0.1, 0.15) is 54.0 Å². The second-order valence-electron chi connectivity index (χ2n) is 7.92. The molecule has 0 saturated carbocycles. The molecule has 2 amide bonds. The maximum absolute atomic E-state index is 12.5. The summed E-state index contributed by atoms with van der Waals surface area (Å²) in [6, 6.07) is 13.2. The van der Waals surface area contributed by atoms with Gasteiger partial charge in [0.05, 0.1) is 22.9 Å². The van der Waals surface area contributed by atoms with Gasteiger partial charge >= 0.3 is 0 Å². The van der Waals surface area contributed by atoms with E-state index in [2.05, 4.69) is 34.7 Å². The predicted octanol–water partition coefficient (Wildman–Crippen LogP) is 5.04. The zero-order valence-electron chi connectivity index (χ0n) is 19.2. The Kier molecular flexibility index (Phi) is 8.52. The number of amides is 2. The average molecular weight is 486 g/mol. The largest absolute Gasteiger partial charge is 0.345 e. The Morgan fingerprint density at radius 3 is 2.48 bits per heavy atom. The number of thioether (sulfide) groups is 1. The molecule has 33 heavy (non-hydrogen) atoms. The van der Waals surface area contributed by atoms with Crippen LogP contribution in [-0.2, 0) is 17.9 Å². The molecule has 2 N–H and O–H groups in total. The van der Waals surface area contributed by atoms with Gasteiger partial charge in [-0.3, -0.25) is 9.59 Å². The maximum atomic E-state index is 12.5. The van der Waals surface area contributed by atoms with E-state index in [1.165, 1.54) is 17.3 Å². The fraction of sp³-hybridized carbons (Fsp3) is 0.333. The summed E-state index contributed by atoms with van der Waals surface area (Å²) in [4.78, 5) is 24.9. The van der Waals surface area contributed by atoms with Crippen molar-refractivity contribution < 1.29 is 9.59 Å². The van der Waals surface area contributed by atoms with Crippen LogP contribution in [0, 0.1) is 6.92 Å². The number of nitrogens with zero attached hydrogens (tertiary/aromatic N) is 3. The van der Waals surface area contributed by atoms with Gasteiger partial charge in [0.15, 0.2) is 11.0 Å². The molecule has 0 saturated heterocycles. The lowest BCUT2D eigenvalue weighted by Crippen LogP contribution is -2.25. The number of rotatable bonds is 9. The van der Waals surface area contributed by atoms with Crippen molar-refractivity contribution in [1.29, 1.82) is 0 Å². The van der Waals surface area contributed by atoms with Crippen molar-refractivity contribution in [3.63, 3.8) is 0 Å². The van der Waals surface area contributed by atoms with Gasteiger partial charge in [0.2, 0.25) is 5.91 Å². The van der Waals surface area contributed by atoms with E-state index in [4.69, 9.17) is 11.6 Å². The van der Waals surface area contributed by atoms with E-state index in [9.17, 15) is 9.59 Å². The van der Waals surface area contributed by atoms with Crippen LogP contribution in [0.15, 0.2) is 47.6 Å². The smallest absolute Gasteiger partial charge is 0.253 e. The van der Waals surface area contributed by atoms with Crippen molar-refractivity contribution in [3.8, 4) is 0 Å². The van der Waals surface area contributed by atoms with Gasteiger partial charge in [-0.05, 0) is 55.2 Å². The first-order chi connectivity index (χ1) is 15.8. The minimum Gasteiger partial charge on any atom is -0.345 e. The molecule has 9 heteroatoms. The van der Waals surface area contributed by atoms with Crippen LogP contribution in [0.4, 0.5) is 5.69 Å². The molecule has 3 aromatic rings. The summed E-state index contributed by atoms with van der Waals surface area (Å²) in [5.74, 6) is 0.865. The zero-order valence-corrected chi connectivity index (χ0v) is 20.8. The van der Waals surface area contributed by atoms with E-state index < -0.39 is 0 Å². The van der Waals surface area contributed by atoms with Crippen LogP contribution in [-0.4, -0.2) is 32.3 Å². The molecule has 0 aliphatic carbocycles. The maximum Gasteiger partial charge on any atom is 0.253 e. The van der Waals surface area contributed by atoms with E-state index in [0.29, 0.717) is 34.0 Å². The standard InChI is InChI=1S/C24H28ClN5O2S/c1-5-30-21(13-26-23(32)19-11-6-16(4)12-20(19)25)28-29-24(30)33-14-22(31)27-18-9-7-17(8-10-18)15(2)3/h6-12,15H,5,13-14H2,1-4H3,(H,26,32)(H,27,31). The highest BCUT2D eigenvalue weighted by atomic mass is 35.5. The fourth-order valence-electron chi connectivity index (χ4n) is 3.21. The molecule has 0 radical (unpaired) electrons. The van der Waals surface area contributed by atoms with Crippen molar-refractivity contribution >= 4 is 40.9 Å². The highest BCUT2D eigenvalue weighted by Crippen LogP contribution is 2.20. The quantitative estimate of drug-likeness (QED) is 0.414. The van der Waals surface area contributed by atoms with Crippen LogP contribution in [0.2, 0.25) is 5.02 Å². The van der Waals surface area contributed by atoms with Crippen molar-refractivity contribution in [2.45, 2.75) is 51.9 Å². The number of hydrogen-bond donors (Lipinski definition) is 2. The van der Waals surface area contributed by atoms with Crippen LogP contribution in [0.5, 0.6) is 0 Å². The number of benzene rings is 2. The van der Waals surface area contributed by atoms with Crippen LogP contribution in [0.3, 0.4) is 0 Å². The van der Waals surface area contributed by atoms with Gasteiger partial charge in [-0.15, -0.1) is 10.2 Å². The summed E-state index contributed by atoms with van der Waals surface area (Å²) in [5, 5.41) is 15.2. The SMILES string of the molecule is CCn1c(CNC(=O)c2ccc(C)cc2Cl)nnc1SCC(=O)Nc1ccc(C(C)C)cc1. The molecule has 0 aliphatic rings. The molecule has 174 valence electrons. The molecule has 0 bridgehead atoms. The van der Waals surface area contributed by atoms with Crippen molar-refractivity contribution in [1.82, 2.24) is 20.1 Å². The van der Waals surface area contributed by atoms with Crippen LogP contribution >= 0.6 is 23.4 Å². The number of anilines is 1. The first-order valence-electron chi connectivity index (χ1n) is 10.8. The van der Waals surface area contributed by atoms with Gasteiger partial charge in [-0.1, -0.05) is 55.4 Å². The Morgan fingerprint density at radius 2 is 1.85 bits per heavy atom. The summed E-state index contributed by atoms with van der Waals surface area (Å²) in [6.45, 7) is 8.96. The molecule has 3 rings (SSSR count). The first kappa shape index (κ1) is 24.8. The van der Waals surface area contributed by atoms with E-state index >= 15 is 0 Å². The summed E-state index contributed by atoms with van der Waals surface area (Å²) in [5.41, 5.74) is 3.39. The number of hydrogen-bond acceptors (Lipinski definition) is 5. The lowest BCUT2D eigenvalue weighted by atomic mass is 10.0. The Balaban J connectivity index is 1.56. The Labute approximate surface area is 203 Å². The van der Waals surface area contributed by atoms with Gasteiger partial charge in [0, 0.05) is 12.2 Å². The van der Waals surface area contributed by atoms with E-state index in [0.717, 1.165) is 11.3 Å². The third-order valence-corrected chi connectivity index (χ3v) is 6.36. The fourth-order valence-corrected chi connectivity index (χ4v) is 4.35. The minimum atomic E-state index is -0.275. The van der Waals surface area contributed by atoms with Gasteiger partial charge in [0.1, 0.15) is 0 Å². The van der Waals surface area contributed by atoms with Crippen LogP contribution in [0.25, 0.3) is 0 Å². The molecule has 2 aromatic carbocycles. The predicted molar refractivity (Wildman–Crippen MR) is 133 cm³/mol. The number of aryl methyl sites for hydroxylation is 1. The molecule has 0 fully saturated rings. The third kappa shape index (κ3) is 6.58. The van der Waals surface area contributed by atoms with E-state index in [-0.39, 0.29) is 24.1 Å². The highest BCUT2D eigenvalue weighted by Gasteiger charge is 2.16. The molecule has 0 atom stereocenters. The monoisotopic (exact) mass is 485 g/mol. The molecular weight excluding hydrogens is 458 g/mol. The number of carbonyl (C=O) groups excluding carboxylic acids is 2. The Morgan fingerprint density at radius 1 is 1.12 bits per heavy atom. The van der Waals surface area contributed by atoms with Crippen molar-refractivity contribution in [3.05, 3.63) is 70.0 Å². The molecular formula is C24H28ClN5O2S. The molecule has 0 unspecified atom stereocenters. The molecule has 7 nitrogen and oxygen atoms in total. The lowest BCUT2D eigenvalue weighted by Gasteiger charge is -2.10. The first-order valence-corrected chi connectivity index (χ1v) is 12.1. The minimum absolute atomic E-state index is 0.119. The third-order valence-electron chi connectivity index (χ3n) is 5.08. The number of aromatic nitrogens is 3. The highest BCUT2D eigenvalue weighted by molar-refractivity contribution is 7.99. The lowest BCUT2D eigenvalue weighted by molar-refractivity contribution is -0.113. The second-order valence-corrected chi connectivity index (χ2v) is 9.27. The summed E-state index contributed by atoms with van der Waals surface area (Å²) >= 11 is 7.49. The molecule has 0 aliphatic heterocycles. The summed E-state index contributed by atoms with van der Waals surface area (Å²) < 4.78 is 1.88. The number of halogens is 1. The van der Waals surface area contributed by atoms with Gasteiger partial charge in [0.25, 0.3) is 5.91 Å². The number of nitrogens with one attached hydrogen (secondary N) is 2. The van der Waals surface area contributed by atoms with E-state index in [1.54, 1.807) is 12.1 Å². The van der Waals surface area contributed by atoms with Crippen molar-refractivity contribution in [2.75, 3.05) is 11.1 Å². The van der Waals surface area contributed by atoms with Gasteiger partial charge in [-0.2, -0.15) is 0 Å². The second kappa shape index (κ2) is 11.3. The molecule has 1 heterocycles. The Bertz CT molecular complexity index is 1130. The van der Waals surface area contributed by atoms with Crippen molar-refractivity contribution in [2.24, 2.45) is 0 Å². The van der Waals surface area contributed by atoms with E-state index in [1.807, 2.05) is 48.7 Å². The summed E-state index contributed by atoms with van der Waals surface area (Å²) in [7, 11) is 0. The van der Waals surface area contributed by atoms with Gasteiger partial charge in [-0.25, -0.2) is 0 Å². The topological polar surface area (TPSA) is 88.9 Å². The molecule has 1 aromatic heterocycles. The average Bonchev–Trinajstić information content (AvgIpc) is 3.18. The summed E-state index contributed by atoms with van der Waals surface area (Å²) in [6.07, 6.45) is 0. The zero-order chi connectivity index (χ0) is 24.0. The van der Waals surface area contributed by atoms with Gasteiger partial charge < -0.3 is 15.2 Å². The Hall–Kier alpha value is -2.84. The molecule has 0 spiro atoms. The number of carbonyl (C=O) groups is 2.